The molecule has 7 nitrogen and oxygen atoms in total. The smallest absolute Gasteiger partial charge is 0.251 e. The summed E-state index contributed by atoms with van der Waals surface area (Å²) >= 11 is 0. The van der Waals surface area contributed by atoms with Crippen molar-refractivity contribution in [3.8, 4) is 11.3 Å². The van der Waals surface area contributed by atoms with Crippen LogP contribution in [-0.2, 0) is 10.0 Å². The molecule has 1 aromatic heterocycles. The van der Waals surface area contributed by atoms with Crippen LogP contribution in [0.15, 0.2) is 59.0 Å². The molecule has 0 saturated carbocycles. The number of furan rings is 1. The summed E-state index contributed by atoms with van der Waals surface area (Å²) in [5, 5.41) is 2.82. The van der Waals surface area contributed by atoms with Gasteiger partial charge in [0.05, 0.1) is 18.0 Å². The first-order valence-corrected chi connectivity index (χ1v) is 11.1. The lowest BCUT2D eigenvalue weighted by Crippen LogP contribution is -2.28. The normalized spacial score (nSPS) is 12.3. The zero-order chi connectivity index (χ0) is 22.8. The lowest BCUT2D eigenvalue weighted by Gasteiger charge is -2.19. The van der Waals surface area contributed by atoms with Gasteiger partial charge in [0.15, 0.2) is 12.0 Å². The molecule has 9 heteroatoms. The van der Waals surface area contributed by atoms with Crippen LogP contribution in [0, 0.1) is 5.82 Å². The summed E-state index contributed by atoms with van der Waals surface area (Å²) in [6.07, 6.45) is 1.60. The molecule has 0 aliphatic heterocycles. The number of benzene rings is 2. The number of nitrogens with zero attached hydrogens (tertiary/aromatic N) is 1. The third kappa shape index (κ3) is 5.18. The fourth-order valence-corrected chi connectivity index (χ4v) is 3.43. The molecular weight excluding hydrogens is 423 g/mol. The topological polar surface area (TPSA) is 96.7 Å². The van der Waals surface area contributed by atoms with Gasteiger partial charge in [0.25, 0.3) is 5.91 Å². The molecule has 0 aliphatic rings. The van der Waals surface area contributed by atoms with Crippen LogP contribution in [0.25, 0.3) is 11.3 Å². The average Bonchev–Trinajstić information content (AvgIpc) is 3.22. The van der Waals surface area contributed by atoms with Crippen molar-refractivity contribution in [2.75, 3.05) is 17.6 Å². The lowest BCUT2D eigenvalue weighted by atomic mass is 10.0. The summed E-state index contributed by atoms with van der Waals surface area (Å²) in [6.45, 7) is 1.75. The number of aldehydes is 1. The number of carbonyl (C=O) groups is 2. The Morgan fingerprint density at radius 3 is 2.39 bits per heavy atom. The minimum atomic E-state index is -3.59. The maximum absolute atomic E-state index is 13.2. The van der Waals surface area contributed by atoms with Gasteiger partial charge in [-0.25, -0.2) is 12.8 Å². The van der Waals surface area contributed by atoms with E-state index in [9.17, 15) is 22.4 Å². The Bertz CT molecular complexity index is 1220. The quantitative estimate of drug-likeness (QED) is 0.560. The van der Waals surface area contributed by atoms with Gasteiger partial charge in [-0.15, -0.1) is 0 Å². The van der Waals surface area contributed by atoms with Crippen molar-refractivity contribution in [1.29, 1.82) is 0 Å². The summed E-state index contributed by atoms with van der Waals surface area (Å²) < 4.78 is 43.7. The molecule has 0 fully saturated rings. The molecule has 1 N–H and O–H groups in total. The second kappa shape index (κ2) is 8.73. The van der Waals surface area contributed by atoms with Crippen molar-refractivity contribution in [3.63, 3.8) is 0 Å². The van der Waals surface area contributed by atoms with E-state index in [2.05, 4.69) is 5.32 Å². The highest BCUT2D eigenvalue weighted by atomic mass is 32.2. The number of hydrogen-bond acceptors (Lipinski definition) is 5. The molecule has 1 heterocycles. The Hall–Kier alpha value is -3.46. The van der Waals surface area contributed by atoms with Gasteiger partial charge in [0, 0.05) is 18.2 Å². The van der Waals surface area contributed by atoms with E-state index >= 15 is 0 Å². The number of amides is 1. The van der Waals surface area contributed by atoms with Gasteiger partial charge in [-0.3, -0.25) is 13.9 Å². The highest BCUT2D eigenvalue weighted by Gasteiger charge is 2.19. The second-order valence-electron chi connectivity index (χ2n) is 7.07. The first kappa shape index (κ1) is 22.2. The fraction of sp³-hybridized carbons (Fsp3) is 0.182. The minimum absolute atomic E-state index is 0.104. The van der Waals surface area contributed by atoms with Crippen LogP contribution in [0.2, 0.25) is 0 Å². The highest BCUT2D eigenvalue weighted by molar-refractivity contribution is 7.92. The second-order valence-corrected chi connectivity index (χ2v) is 9.08. The van der Waals surface area contributed by atoms with Crippen LogP contribution in [0.4, 0.5) is 10.1 Å². The van der Waals surface area contributed by atoms with E-state index in [4.69, 9.17) is 4.42 Å². The first-order chi connectivity index (χ1) is 14.6. The molecular formula is C22H21FN2O5S. The van der Waals surface area contributed by atoms with E-state index in [0.29, 0.717) is 23.2 Å². The molecule has 0 unspecified atom stereocenters. The third-order valence-electron chi connectivity index (χ3n) is 4.79. The maximum Gasteiger partial charge on any atom is 0.251 e. The number of sulfonamides is 1. The Morgan fingerprint density at radius 1 is 1.13 bits per heavy atom. The number of nitrogens with one attached hydrogen (secondary N) is 1. The van der Waals surface area contributed by atoms with E-state index in [1.807, 2.05) is 0 Å². The minimum Gasteiger partial charge on any atom is -0.453 e. The van der Waals surface area contributed by atoms with Crippen molar-refractivity contribution < 1.29 is 26.8 Å². The fourth-order valence-electron chi connectivity index (χ4n) is 2.94. The summed E-state index contributed by atoms with van der Waals surface area (Å²) in [5.74, 6) is -0.417. The van der Waals surface area contributed by atoms with E-state index in [1.54, 1.807) is 37.3 Å². The van der Waals surface area contributed by atoms with Gasteiger partial charge in [-0.2, -0.15) is 0 Å². The molecule has 3 rings (SSSR count). The Kier molecular flexibility index (Phi) is 6.26. The molecule has 1 atom stereocenters. The van der Waals surface area contributed by atoms with E-state index in [-0.39, 0.29) is 22.8 Å². The van der Waals surface area contributed by atoms with Crippen molar-refractivity contribution >= 4 is 27.9 Å². The maximum atomic E-state index is 13.2. The number of halogens is 1. The van der Waals surface area contributed by atoms with Crippen molar-refractivity contribution in [2.24, 2.45) is 0 Å². The SMILES string of the molecule is C[C@@H](NC(=O)c1cc(-c2ccc(C=O)o2)cc(N(C)S(C)(=O)=O)c1)c1ccc(F)cc1. The Labute approximate surface area is 179 Å². The molecule has 0 saturated heterocycles. The predicted octanol–water partition coefficient (Wildman–Crippen LogP) is 3.79. The van der Waals surface area contributed by atoms with E-state index in [0.717, 1.165) is 10.6 Å². The lowest BCUT2D eigenvalue weighted by molar-refractivity contribution is 0.0939. The van der Waals surface area contributed by atoms with Gasteiger partial charge in [0.2, 0.25) is 10.0 Å². The van der Waals surface area contributed by atoms with Gasteiger partial charge in [-0.05, 0) is 55.0 Å². The van der Waals surface area contributed by atoms with Gasteiger partial charge >= 0.3 is 0 Å². The molecule has 0 radical (unpaired) electrons. The van der Waals surface area contributed by atoms with Gasteiger partial charge in [0.1, 0.15) is 11.6 Å². The highest BCUT2D eigenvalue weighted by Crippen LogP contribution is 2.29. The Balaban J connectivity index is 1.99. The first-order valence-electron chi connectivity index (χ1n) is 9.29. The summed E-state index contributed by atoms with van der Waals surface area (Å²) in [4.78, 5) is 23.9. The van der Waals surface area contributed by atoms with Crippen molar-refractivity contribution in [3.05, 3.63) is 77.3 Å². The van der Waals surface area contributed by atoms with Crippen LogP contribution in [0.1, 0.15) is 39.4 Å². The van der Waals surface area contributed by atoms with Crippen LogP contribution in [-0.4, -0.2) is 33.9 Å². The average molecular weight is 444 g/mol. The van der Waals surface area contributed by atoms with Crippen molar-refractivity contribution in [2.45, 2.75) is 13.0 Å². The van der Waals surface area contributed by atoms with Crippen LogP contribution in [0.5, 0.6) is 0 Å². The molecule has 0 bridgehead atoms. The van der Waals surface area contributed by atoms with E-state index in [1.165, 1.54) is 31.3 Å². The van der Waals surface area contributed by atoms with Gasteiger partial charge in [-0.1, -0.05) is 12.1 Å². The third-order valence-corrected chi connectivity index (χ3v) is 5.99. The van der Waals surface area contributed by atoms with Crippen molar-refractivity contribution in [1.82, 2.24) is 5.32 Å². The number of anilines is 1. The van der Waals surface area contributed by atoms with Crippen LogP contribution >= 0.6 is 0 Å². The number of hydrogen-bond donors (Lipinski definition) is 1. The monoisotopic (exact) mass is 444 g/mol. The van der Waals surface area contributed by atoms with Gasteiger partial charge < -0.3 is 9.73 Å². The standard InChI is InChI=1S/C22H21FN2O5S/c1-14(15-4-6-18(23)7-5-15)24-22(27)17-10-16(21-9-8-20(13-26)30-21)11-19(12-17)25(2)31(3,28)29/h4-14H,1-3H3,(H,24,27)/t14-/m1/s1. The Morgan fingerprint density at radius 2 is 1.81 bits per heavy atom. The van der Waals surface area contributed by atoms with E-state index < -0.39 is 22.0 Å². The van der Waals surface area contributed by atoms with Crippen LogP contribution < -0.4 is 9.62 Å². The molecule has 0 spiro atoms. The summed E-state index contributed by atoms with van der Waals surface area (Å²) in [7, 11) is -2.22. The predicted molar refractivity (Wildman–Crippen MR) is 115 cm³/mol. The summed E-state index contributed by atoms with van der Waals surface area (Å²) in [5.41, 5.74) is 1.59. The molecule has 2 aromatic carbocycles. The van der Waals surface area contributed by atoms with Crippen LogP contribution in [0.3, 0.4) is 0 Å². The molecule has 1 amide bonds. The number of carbonyl (C=O) groups excluding carboxylic acids is 2. The summed E-state index contributed by atoms with van der Waals surface area (Å²) in [6, 6.07) is 12.9. The number of rotatable bonds is 7. The molecule has 3 aromatic rings. The largest absolute Gasteiger partial charge is 0.453 e. The molecule has 31 heavy (non-hydrogen) atoms. The molecule has 162 valence electrons. The zero-order valence-electron chi connectivity index (χ0n) is 17.1. The zero-order valence-corrected chi connectivity index (χ0v) is 17.9. The molecule has 0 aliphatic carbocycles.